The van der Waals surface area contributed by atoms with Gasteiger partial charge in [0.15, 0.2) is 5.60 Å². The Labute approximate surface area is 52.9 Å². The van der Waals surface area contributed by atoms with Crippen LogP contribution in [0.1, 0.15) is 13.8 Å². The first kappa shape index (κ1) is 6.29. The molecule has 0 aromatic carbocycles. The maximum atomic E-state index is 10.6. The average Bonchev–Trinajstić information content (AvgIpc) is 1.79. The number of hydrogen-bond donors (Lipinski definition) is 1. The van der Waals surface area contributed by atoms with Crippen LogP contribution in [0.15, 0.2) is 11.8 Å². The molecular weight excluding hydrogens is 120 g/mol. The molecule has 9 heavy (non-hydrogen) atoms. The number of carbonyl (C=O) groups excluding carboxylic acids is 1. The van der Waals surface area contributed by atoms with E-state index < -0.39 is 11.6 Å². The first-order valence-electron chi connectivity index (χ1n) is 2.66. The number of esters is 1. The number of aliphatic hydroxyl groups is 1. The van der Waals surface area contributed by atoms with Crippen molar-refractivity contribution in [3.8, 4) is 0 Å². The van der Waals surface area contributed by atoms with Gasteiger partial charge in [-0.25, -0.2) is 4.79 Å². The molecule has 0 aromatic rings. The van der Waals surface area contributed by atoms with Crippen LogP contribution in [0.5, 0.6) is 0 Å². The lowest BCUT2D eigenvalue weighted by Gasteiger charge is -2.06. The van der Waals surface area contributed by atoms with Crippen LogP contribution in [0.3, 0.4) is 0 Å². The zero-order valence-electron chi connectivity index (χ0n) is 5.34. The molecule has 0 spiro atoms. The first-order chi connectivity index (χ1) is 4.02. The Kier molecular flexibility index (Phi) is 1.10. The Morgan fingerprint density at radius 2 is 2.33 bits per heavy atom. The van der Waals surface area contributed by atoms with Crippen LogP contribution in [0, 0.1) is 0 Å². The lowest BCUT2D eigenvalue weighted by Crippen LogP contribution is -2.28. The van der Waals surface area contributed by atoms with E-state index in [0.717, 1.165) is 0 Å². The average molecular weight is 128 g/mol. The van der Waals surface area contributed by atoms with E-state index in [1.54, 1.807) is 6.92 Å². The van der Waals surface area contributed by atoms with Gasteiger partial charge in [-0.05, 0) is 19.9 Å². The summed E-state index contributed by atoms with van der Waals surface area (Å²) >= 11 is 0. The lowest BCUT2D eigenvalue weighted by atomic mass is 10.1. The van der Waals surface area contributed by atoms with E-state index >= 15 is 0 Å². The van der Waals surface area contributed by atoms with Gasteiger partial charge < -0.3 is 9.84 Å². The number of rotatable bonds is 0. The van der Waals surface area contributed by atoms with E-state index in [-0.39, 0.29) is 0 Å². The van der Waals surface area contributed by atoms with E-state index in [1.807, 2.05) is 0 Å². The van der Waals surface area contributed by atoms with Gasteiger partial charge in [-0.15, -0.1) is 0 Å². The highest BCUT2D eigenvalue weighted by Gasteiger charge is 2.35. The molecule has 1 aliphatic rings. The fourth-order valence-electron chi connectivity index (χ4n) is 0.734. The van der Waals surface area contributed by atoms with E-state index in [1.165, 1.54) is 13.0 Å². The smallest absolute Gasteiger partial charge is 0.347 e. The molecule has 0 saturated carbocycles. The van der Waals surface area contributed by atoms with Crippen molar-refractivity contribution >= 4 is 5.97 Å². The maximum Gasteiger partial charge on any atom is 0.347 e. The van der Waals surface area contributed by atoms with Gasteiger partial charge in [0.25, 0.3) is 0 Å². The van der Waals surface area contributed by atoms with Gasteiger partial charge in [0, 0.05) is 0 Å². The summed E-state index contributed by atoms with van der Waals surface area (Å²) in [6.45, 7) is 3.02. The molecule has 0 aliphatic carbocycles. The van der Waals surface area contributed by atoms with Gasteiger partial charge in [0.05, 0.1) is 0 Å². The van der Waals surface area contributed by atoms with Crippen LogP contribution in [-0.2, 0) is 9.53 Å². The van der Waals surface area contributed by atoms with Crippen LogP contribution in [0.4, 0.5) is 0 Å². The molecule has 1 N–H and O–H groups in total. The zero-order chi connectivity index (χ0) is 7.07. The predicted molar refractivity (Wildman–Crippen MR) is 30.5 cm³/mol. The molecule has 0 radical (unpaired) electrons. The number of hydrogen-bond acceptors (Lipinski definition) is 3. The number of cyclic esters (lactones) is 1. The lowest BCUT2D eigenvalue weighted by molar-refractivity contribution is -0.150. The van der Waals surface area contributed by atoms with Crippen LogP contribution in [0.25, 0.3) is 0 Å². The minimum atomic E-state index is -1.40. The first-order valence-corrected chi connectivity index (χ1v) is 2.66. The second-order valence-electron chi connectivity index (χ2n) is 2.29. The Morgan fingerprint density at radius 1 is 1.78 bits per heavy atom. The van der Waals surface area contributed by atoms with Crippen LogP contribution in [-0.4, -0.2) is 16.7 Å². The van der Waals surface area contributed by atoms with Crippen LogP contribution >= 0.6 is 0 Å². The van der Waals surface area contributed by atoms with E-state index in [9.17, 15) is 4.79 Å². The Hall–Kier alpha value is -0.830. The minimum Gasteiger partial charge on any atom is -0.429 e. The van der Waals surface area contributed by atoms with Crippen molar-refractivity contribution in [3.05, 3.63) is 11.8 Å². The summed E-state index contributed by atoms with van der Waals surface area (Å²) in [7, 11) is 0. The van der Waals surface area contributed by atoms with Crippen molar-refractivity contribution < 1.29 is 14.6 Å². The van der Waals surface area contributed by atoms with E-state index in [2.05, 4.69) is 4.74 Å². The van der Waals surface area contributed by atoms with Crippen molar-refractivity contribution in [1.82, 2.24) is 0 Å². The van der Waals surface area contributed by atoms with Gasteiger partial charge in [0.2, 0.25) is 0 Å². The summed E-state index contributed by atoms with van der Waals surface area (Å²) in [6.07, 6.45) is 1.38. The minimum absolute atomic E-state index is 0.463. The highest BCUT2D eigenvalue weighted by atomic mass is 16.6. The van der Waals surface area contributed by atoms with Crippen LogP contribution in [0.2, 0.25) is 0 Å². The number of carbonyl (C=O) groups is 1. The Balaban J connectivity index is 2.89. The molecule has 3 heteroatoms. The fourth-order valence-corrected chi connectivity index (χ4v) is 0.734. The summed E-state index contributed by atoms with van der Waals surface area (Å²) in [5.41, 5.74) is -1.40. The van der Waals surface area contributed by atoms with Crippen molar-refractivity contribution in [1.29, 1.82) is 0 Å². The van der Waals surface area contributed by atoms with Gasteiger partial charge in [-0.1, -0.05) is 0 Å². The normalized spacial score (nSPS) is 34.1. The topological polar surface area (TPSA) is 46.5 Å². The second kappa shape index (κ2) is 1.57. The Bertz CT molecular complexity index is 179. The molecular formula is C6H8O3. The van der Waals surface area contributed by atoms with Crippen molar-refractivity contribution in [2.45, 2.75) is 19.4 Å². The molecule has 0 saturated heterocycles. The van der Waals surface area contributed by atoms with Gasteiger partial charge in [-0.2, -0.15) is 0 Å². The summed E-state index contributed by atoms with van der Waals surface area (Å²) in [5, 5.41) is 9.08. The molecule has 1 aliphatic heterocycles. The highest BCUT2D eigenvalue weighted by molar-refractivity contribution is 5.84. The molecule has 0 amide bonds. The zero-order valence-corrected chi connectivity index (χ0v) is 5.34. The molecule has 0 bridgehead atoms. The second-order valence-corrected chi connectivity index (χ2v) is 2.29. The summed E-state index contributed by atoms with van der Waals surface area (Å²) < 4.78 is 4.55. The molecule has 3 nitrogen and oxygen atoms in total. The monoisotopic (exact) mass is 128 g/mol. The van der Waals surface area contributed by atoms with Gasteiger partial charge in [0.1, 0.15) is 5.76 Å². The van der Waals surface area contributed by atoms with Crippen molar-refractivity contribution in [2.75, 3.05) is 0 Å². The van der Waals surface area contributed by atoms with Gasteiger partial charge in [-0.3, -0.25) is 0 Å². The quantitative estimate of drug-likeness (QED) is 0.474. The third kappa shape index (κ3) is 0.954. The van der Waals surface area contributed by atoms with E-state index in [4.69, 9.17) is 5.11 Å². The summed E-state index contributed by atoms with van der Waals surface area (Å²) in [6, 6.07) is 0. The SMILES string of the molecule is CC1=CC(C)(O)C(=O)O1. The third-order valence-corrected chi connectivity index (χ3v) is 1.15. The predicted octanol–water partition coefficient (Wildman–Crippen LogP) is 0.198. The molecule has 1 rings (SSSR count). The summed E-state index contributed by atoms with van der Waals surface area (Å²) in [5.74, 6) is -0.134. The Morgan fingerprint density at radius 3 is 2.44 bits per heavy atom. The standard InChI is InChI=1S/C6H8O3/c1-4-3-6(2,8)5(7)9-4/h3,8H,1-2H3. The molecule has 0 fully saturated rings. The maximum absolute atomic E-state index is 10.6. The van der Waals surface area contributed by atoms with Gasteiger partial charge >= 0.3 is 5.97 Å². The van der Waals surface area contributed by atoms with Crippen molar-refractivity contribution in [2.24, 2.45) is 0 Å². The largest absolute Gasteiger partial charge is 0.429 e. The number of allylic oxidation sites excluding steroid dienone is 1. The third-order valence-electron chi connectivity index (χ3n) is 1.15. The van der Waals surface area contributed by atoms with E-state index in [0.29, 0.717) is 5.76 Å². The molecule has 50 valence electrons. The van der Waals surface area contributed by atoms with Crippen LogP contribution < -0.4 is 0 Å². The molecule has 1 heterocycles. The molecule has 1 unspecified atom stereocenters. The highest BCUT2D eigenvalue weighted by Crippen LogP contribution is 2.20. The fraction of sp³-hybridized carbons (Fsp3) is 0.500. The molecule has 0 aromatic heterocycles. The summed E-state index contributed by atoms with van der Waals surface area (Å²) in [4.78, 5) is 10.6. The van der Waals surface area contributed by atoms with Crippen molar-refractivity contribution in [3.63, 3.8) is 0 Å². The molecule has 1 atom stereocenters. The number of ether oxygens (including phenoxy) is 1.